The van der Waals surface area contributed by atoms with E-state index in [0.717, 1.165) is 11.3 Å². The molecule has 1 aliphatic rings. The third kappa shape index (κ3) is 4.68. The summed E-state index contributed by atoms with van der Waals surface area (Å²) >= 11 is 5.79. The number of nitrogens with zero attached hydrogens (tertiary/aromatic N) is 1. The van der Waals surface area contributed by atoms with Crippen LogP contribution in [-0.4, -0.2) is 31.8 Å². The maximum Gasteiger partial charge on any atom is 0.414 e. The molecule has 0 aromatic heterocycles. The zero-order valence-electron chi connectivity index (χ0n) is 13.8. The molecule has 0 bridgehead atoms. The van der Waals surface area contributed by atoms with Crippen LogP contribution >= 0.6 is 11.6 Å². The molecule has 26 heavy (non-hydrogen) atoms. The van der Waals surface area contributed by atoms with Gasteiger partial charge in [0.1, 0.15) is 6.61 Å². The zero-order chi connectivity index (χ0) is 18.4. The van der Waals surface area contributed by atoms with Gasteiger partial charge in [-0.1, -0.05) is 23.4 Å². The van der Waals surface area contributed by atoms with E-state index < -0.39 is 0 Å². The molecule has 2 aromatic carbocycles. The summed E-state index contributed by atoms with van der Waals surface area (Å²) in [7, 11) is 0. The van der Waals surface area contributed by atoms with E-state index in [4.69, 9.17) is 16.3 Å². The molecule has 0 radical (unpaired) electrons. The van der Waals surface area contributed by atoms with E-state index in [0.29, 0.717) is 23.9 Å². The fourth-order valence-electron chi connectivity index (χ4n) is 2.33. The van der Waals surface area contributed by atoms with Crippen molar-refractivity contribution < 1.29 is 14.3 Å². The van der Waals surface area contributed by atoms with Gasteiger partial charge in [0.05, 0.1) is 13.1 Å². The number of nitrogens with one attached hydrogen (secondary N) is 2. The molecule has 0 spiro atoms. The van der Waals surface area contributed by atoms with Crippen molar-refractivity contribution in [2.24, 2.45) is 0 Å². The van der Waals surface area contributed by atoms with Crippen LogP contribution < -0.4 is 15.5 Å². The predicted octanol–water partition coefficient (Wildman–Crippen LogP) is 3.47. The number of urea groups is 1. The van der Waals surface area contributed by atoms with E-state index in [1.54, 1.807) is 29.2 Å². The normalized spacial score (nSPS) is 12.8. The Bertz CT molecular complexity index is 854. The lowest BCUT2D eigenvalue weighted by atomic mass is 10.2. The number of benzene rings is 2. The topological polar surface area (TPSA) is 70.7 Å². The second-order valence-electron chi connectivity index (χ2n) is 5.43. The predicted molar refractivity (Wildman–Crippen MR) is 100 cm³/mol. The summed E-state index contributed by atoms with van der Waals surface area (Å²) in [5.41, 5.74) is 2.22. The first-order chi connectivity index (χ1) is 12.6. The highest BCUT2D eigenvalue weighted by molar-refractivity contribution is 6.30. The lowest BCUT2D eigenvalue weighted by Crippen LogP contribution is -2.28. The molecule has 3 amide bonds. The van der Waals surface area contributed by atoms with Crippen molar-refractivity contribution >= 4 is 35.1 Å². The number of carbonyl (C=O) groups is 2. The fraction of sp³-hybridized carbons (Fsp3) is 0.158. The van der Waals surface area contributed by atoms with Gasteiger partial charge in [-0.3, -0.25) is 4.90 Å². The lowest BCUT2D eigenvalue weighted by molar-refractivity contribution is 0.181. The Morgan fingerprint density at radius 3 is 2.54 bits per heavy atom. The summed E-state index contributed by atoms with van der Waals surface area (Å²) in [5.74, 6) is 5.83. The molecular weight excluding hydrogens is 354 g/mol. The Hall–Kier alpha value is -3.17. The van der Waals surface area contributed by atoms with Gasteiger partial charge in [-0.2, -0.15) is 0 Å². The van der Waals surface area contributed by atoms with E-state index in [2.05, 4.69) is 22.5 Å². The molecule has 1 fully saturated rings. The summed E-state index contributed by atoms with van der Waals surface area (Å²) in [6.45, 7) is 1.17. The number of cyclic esters (lactones) is 1. The minimum Gasteiger partial charge on any atom is -0.447 e. The van der Waals surface area contributed by atoms with Crippen molar-refractivity contribution in [2.45, 2.75) is 0 Å². The molecule has 6 nitrogen and oxygen atoms in total. The van der Waals surface area contributed by atoms with Gasteiger partial charge in [0.2, 0.25) is 0 Å². The van der Waals surface area contributed by atoms with Crippen LogP contribution in [0.2, 0.25) is 5.02 Å². The minimum absolute atomic E-state index is 0.208. The Balaban J connectivity index is 1.48. The third-order valence-corrected chi connectivity index (χ3v) is 3.86. The van der Waals surface area contributed by atoms with Crippen molar-refractivity contribution in [3.8, 4) is 11.8 Å². The fourth-order valence-corrected chi connectivity index (χ4v) is 2.46. The zero-order valence-corrected chi connectivity index (χ0v) is 14.5. The van der Waals surface area contributed by atoms with Crippen LogP contribution in [0.3, 0.4) is 0 Å². The van der Waals surface area contributed by atoms with Crippen molar-refractivity contribution in [1.29, 1.82) is 0 Å². The van der Waals surface area contributed by atoms with Gasteiger partial charge in [0.15, 0.2) is 0 Å². The van der Waals surface area contributed by atoms with Gasteiger partial charge in [-0.05, 0) is 48.5 Å². The van der Waals surface area contributed by atoms with Crippen LogP contribution in [0.25, 0.3) is 0 Å². The molecular formula is C19H16ClN3O3. The maximum atomic E-state index is 11.8. The largest absolute Gasteiger partial charge is 0.447 e. The minimum atomic E-state index is -0.343. The maximum absolute atomic E-state index is 11.8. The molecule has 1 saturated heterocycles. The van der Waals surface area contributed by atoms with Gasteiger partial charge < -0.3 is 15.4 Å². The van der Waals surface area contributed by atoms with Crippen LogP contribution in [0.15, 0.2) is 48.5 Å². The average Bonchev–Trinajstić information content (AvgIpc) is 3.07. The summed E-state index contributed by atoms with van der Waals surface area (Å²) in [6.07, 6.45) is -0.334. The quantitative estimate of drug-likeness (QED) is 0.814. The number of anilines is 2. The molecule has 0 aliphatic carbocycles. The van der Waals surface area contributed by atoms with E-state index in [1.165, 1.54) is 0 Å². The Morgan fingerprint density at radius 1 is 1.15 bits per heavy atom. The Morgan fingerprint density at radius 2 is 1.88 bits per heavy atom. The van der Waals surface area contributed by atoms with Crippen molar-refractivity contribution in [3.63, 3.8) is 0 Å². The van der Waals surface area contributed by atoms with Crippen LogP contribution in [0.4, 0.5) is 21.0 Å². The summed E-state index contributed by atoms with van der Waals surface area (Å²) in [6, 6.07) is 13.8. The molecule has 132 valence electrons. The van der Waals surface area contributed by atoms with E-state index >= 15 is 0 Å². The van der Waals surface area contributed by atoms with Crippen molar-refractivity contribution in [2.75, 3.05) is 29.9 Å². The highest BCUT2D eigenvalue weighted by atomic mass is 35.5. The molecule has 1 heterocycles. The van der Waals surface area contributed by atoms with E-state index in [9.17, 15) is 9.59 Å². The molecule has 2 N–H and O–H groups in total. The molecule has 0 unspecified atom stereocenters. The molecule has 0 atom stereocenters. The average molecular weight is 370 g/mol. The first kappa shape index (κ1) is 17.6. The number of rotatable bonds is 3. The second kappa shape index (κ2) is 8.28. The van der Waals surface area contributed by atoms with E-state index in [-0.39, 0.29) is 18.7 Å². The Labute approximate surface area is 156 Å². The lowest BCUT2D eigenvalue weighted by Gasteiger charge is -2.11. The number of hydrogen-bond acceptors (Lipinski definition) is 3. The highest BCUT2D eigenvalue weighted by Gasteiger charge is 2.23. The van der Waals surface area contributed by atoms with Gasteiger partial charge in [0.25, 0.3) is 0 Å². The number of hydrogen-bond donors (Lipinski definition) is 2. The molecule has 7 heteroatoms. The number of carbonyl (C=O) groups excluding carboxylic acids is 2. The van der Waals surface area contributed by atoms with Gasteiger partial charge >= 0.3 is 12.1 Å². The highest BCUT2D eigenvalue weighted by Crippen LogP contribution is 2.18. The van der Waals surface area contributed by atoms with Crippen LogP contribution in [-0.2, 0) is 4.74 Å². The summed E-state index contributed by atoms with van der Waals surface area (Å²) in [4.78, 5) is 24.8. The first-order valence-electron chi connectivity index (χ1n) is 7.95. The first-order valence-corrected chi connectivity index (χ1v) is 8.33. The number of ether oxygens (including phenoxy) is 1. The standard InChI is InChI=1S/C19H16ClN3O3/c20-15-5-7-16(8-6-15)22-18(24)21-11-1-2-14-3-9-17(10-4-14)23-12-13-26-19(23)25/h3-10H,11-13H2,(H2,21,22,24). The van der Waals surface area contributed by atoms with Crippen molar-refractivity contribution in [1.82, 2.24) is 5.32 Å². The second-order valence-corrected chi connectivity index (χ2v) is 5.87. The smallest absolute Gasteiger partial charge is 0.414 e. The molecule has 2 aromatic rings. The van der Waals surface area contributed by atoms with E-state index in [1.807, 2.05) is 24.3 Å². The number of halogens is 1. The number of amides is 3. The van der Waals surface area contributed by atoms with Crippen LogP contribution in [0.1, 0.15) is 5.56 Å². The summed E-state index contributed by atoms with van der Waals surface area (Å²) < 4.78 is 4.91. The SMILES string of the molecule is O=C(NCC#Cc1ccc(N2CCOC2=O)cc1)Nc1ccc(Cl)cc1. The van der Waals surface area contributed by atoms with Crippen molar-refractivity contribution in [3.05, 3.63) is 59.1 Å². The molecule has 0 saturated carbocycles. The van der Waals surface area contributed by atoms with Gasteiger partial charge in [-0.15, -0.1) is 0 Å². The van der Waals surface area contributed by atoms with Gasteiger partial charge in [0, 0.05) is 22.0 Å². The summed E-state index contributed by atoms with van der Waals surface area (Å²) in [5, 5.41) is 5.94. The molecule has 3 rings (SSSR count). The van der Waals surface area contributed by atoms with Crippen LogP contribution in [0.5, 0.6) is 0 Å². The van der Waals surface area contributed by atoms with Gasteiger partial charge in [-0.25, -0.2) is 9.59 Å². The Kier molecular flexibility index (Phi) is 5.62. The monoisotopic (exact) mass is 369 g/mol. The third-order valence-electron chi connectivity index (χ3n) is 3.61. The molecule has 1 aliphatic heterocycles. The van der Waals surface area contributed by atoms with Crippen LogP contribution in [0, 0.1) is 11.8 Å².